The van der Waals surface area contributed by atoms with Crippen LogP contribution in [-0.4, -0.2) is 41.2 Å². The molecule has 0 unspecified atom stereocenters. The van der Waals surface area contributed by atoms with Gasteiger partial charge in [0.15, 0.2) is 12.0 Å². The van der Waals surface area contributed by atoms with Crippen LogP contribution in [0.2, 0.25) is 0 Å². The van der Waals surface area contributed by atoms with E-state index < -0.39 is 5.97 Å². The van der Waals surface area contributed by atoms with Crippen molar-refractivity contribution in [2.45, 2.75) is 19.6 Å². The van der Waals surface area contributed by atoms with Crippen LogP contribution in [0, 0.1) is 0 Å². The Kier molecular flexibility index (Phi) is 4.45. The van der Waals surface area contributed by atoms with Crippen molar-refractivity contribution in [2.75, 3.05) is 19.8 Å². The van der Waals surface area contributed by atoms with Crippen LogP contribution in [0.4, 0.5) is 0 Å². The molecule has 1 saturated heterocycles. The van der Waals surface area contributed by atoms with Gasteiger partial charge in [-0.1, -0.05) is 18.2 Å². The van der Waals surface area contributed by atoms with E-state index in [1.165, 1.54) is 0 Å². The molecule has 0 spiro atoms. The maximum absolute atomic E-state index is 11.9. The fourth-order valence-electron chi connectivity index (χ4n) is 2.29. The molecule has 2 heterocycles. The largest absolute Gasteiger partial charge is 0.461 e. The fourth-order valence-corrected chi connectivity index (χ4v) is 2.29. The molecule has 22 heavy (non-hydrogen) atoms. The normalized spacial score (nSPS) is 15.7. The van der Waals surface area contributed by atoms with Crippen molar-refractivity contribution in [2.24, 2.45) is 0 Å². The van der Waals surface area contributed by atoms with E-state index in [2.05, 4.69) is 15.4 Å². The quantitative estimate of drug-likeness (QED) is 0.870. The standard InChI is InChI=1S/C15H17N3O4/c1-2-20-14(19)13-12(16-18-17-13)10-5-3-6-11(9-10)15-21-7-4-8-22-15/h3,5-6,9,15H,2,4,7-8H2,1H3,(H,16,17,18). The number of carbonyl (C=O) groups excluding carboxylic acids is 1. The number of benzene rings is 1. The van der Waals surface area contributed by atoms with Crippen molar-refractivity contribution in [1.29, 1.82) is 0 Å². The van der Waals surface area contributed by atoms with Crippen molar-refractivity contribution < 1.29 is 19.0 Å². The SMILES string of the molecule is CCOC(=O)c1n[nH]nc1-c1cccc(C2OCCCO2)c1. The molecule has 7 nitrogen and oxygen atoms in total. The first kappa shape index (κ1) is 14.7. The molecule has 0 saturated carbocycles. The highest BCUT2D eigenvalue weighted by molar-refractivity contribution is 5.93. The number of ether oxygens (including phenoxy) is 3. The van der Waals surface area contributed by atoms with Crippen molar-refractivity contribution in [1.82, 2.24) is 15.4 Å². The predicted molar refractivity (Wildman–Crippen MR) is 77.0 cm³/mol. The van der Waals surface area contributed by atoms with Gasteiger partial charge in [-0.15, -0.1) is 5.10 Å². The lowest BCUT2D eigenvalue weighted by Crippen LogP contribution is -2.17. The van der Waals surface area contributed by atoms with Crippen LogP contribution in [0.3, 0.4) is 0 Å². The van der Waals surface area contributed by atoms with Gasteiger partial charge in [0.1, 0.15) is 5.69 Å². The zero-order valence-electron chi connectivity index (χ0n) is 12.2. The predicted octanol–water partition coefficient (Wildman–Crippen LogP) is 2.08. The van der Waals surface area contributed by atoms with Crippen LogP contribution in [0.1, 0.15) is 35.7 Å². The molecule has 1 aliphatic rings. The van der Waals surface area contributed by atoms with E-state index in [-0.39, 0.29) is 18.6 Å². The maximum atomic E-state index is 11.9. The Hall–Kier alpha value is -2.25. The average Bonchev–Trinajstić information content (AvgIpc) is 3.06. The second-order valence-corrected chi connectivity index (χ2v) is 4.79. The number of nitrogens with zero attached hydrogens (tertiary/aromatic N) is 2. The van der Waals surface area contributed by atoms with Gasteiger partial charge in [-0.05, 0) is 19.4 Å². The summed E-state index contributed by atoms with van der Waals surface area (Å²) in [5.41, 5.74) is 2.27. The highest BCUT2D eigenvalue weighted by atomic mass is 16.7. The lowest BCUT2D eigenvalue weighted by atomic mass is 10.1. The van der Waals surface area contributed by atoms with Gasteiger partial charge < -0.3 is 14.2 Å². The first-order valence-electron chi connectivity index (χ1n) is 7.21. The van der Waals surface area contributed by atoms with E-state index in [1.54, 1.807) is 6.92 Å². The molecule has 7 heteroatoms. The summed E-state index contributed by atoms with van der Waals surface area (Å²) in [6.45, 7) is 3.38. The van der Waals surface area contributed by atoms with Gasteiger partial charge >= 0.3 is 5.97 Å². The van der Waals surface area contributed by atoms with Gasteiger partial charge in [0, 0.05) is 11.1 Å². The summed E-state index contributed by atoms with van der Waals surface area (Å²) >= 11 is 0. The minimum Gasteiger partial charge on any atom is -0.461 e. The summed E-state index contributed by atoms with van der Waals surface area (Å²) in [6, 6.07) is 7.53. The molecule has 1 fully saturated rings. The second-order valence-electron chi connectivity index (χ2n) is 4.79. The highest BCUT2D eigenvalue weighted by Crippen LogP contribution is 2.27. The summed E-state index contributed by atoms with van der Waals surface area (Å²) in [6.07, 6.45) is 0.513. The number of carbonyl (C=O) groups is 1. The molecule has 0 aliphatic carbocycles. The van der Waals surface area contributed by atoms with Crippen LogP contribution < -0.4 is 0 Å². The van der Waals surface area contributed by atoms with Crippen LogP contribution >= 0.6 is 0 Å². The summed E-state index contributed by atoms with van der Waals surface area (Å²) in [5.74, 6) is -0.498. The van der Waals surface area contributed by atoms with E-state index in [0.717, 1.165) is 17.5 Å². The topological polar surface area (TPSA) is 86.3 Å². The molecule has 1 aromatic heterocycles. The van der Waals surface area contributed by atoms with Gasteiger partial charge in [-0.25, -0.2) is 4.79 Å². The van der Waals surface area contributed by atoms with Crippen molar-refractivity contribution in [3.63, 3.8) is 0 Å². The van der Waals surface area contributed by atoms with E-state index in [1.807, 2.05) is 24.3 Å². The summed E-state index contributed by atoms with van der Waals surface area (Å²) in [4.78, 5) is 11.9. The zero-order valence-corrected chi connectivity index (χ0v) is 12.2. The van der Waals surface area contributed by atoms with E-state index in [9.17, 15) is 4.79 Å². The second kappa shape index (κ2) is 6.67. The third-order valence-corrected chi connectivity index (χ3v) is 3.28. The number of aromatic nitrogens is 3. The molecule has 1 aliphatic heterocycles. The zero-order chi connectivity index (χ0) is 15.4. The lowest BCUT2D eigenvalue weighted by molar-refractivity contribution is -0.183. The number of hydrogen-bond acceptors (Lipinski definition) is 6. The van der Waals surface area contributed by atoms with Crippen LogP contribution in [-0.2, 0) is 14.2 Å². The van der Waals surface area contributed by atoms with Gasteiger partial charge in [-0.3, -0.25) is 0 Å². The average molecular weight is 303 g/mol. The molecule has 0 bridgehead atoms. The number of nitrogens with one attached hydrogen (secondary N) is 1. The molecule has 2 aromatic rings. The third kappa shape index (κ3) is 3.00. The Bertz CT molecular complexity index is 650. The minimum atomic E-state index is -0.498. The fraction of sp³-hybridized carbons (Fsp3) is 0.400. The number of H-pyrrole nitrogens is 1. The van der Waals surface area contributed by atoms with E-state index in [4.69, 9.17) is 14.2 Å². The Morgan fingerprint density at radius 1 is 1.36 bits per heavy atom. The Morgan fingerprint density at radius 2 is 2.18 bits per heavy atom. The summed E-state index contributed by atoms with van der Waals surface area (Å²) in [7, 11) is 0. The molecule has 1 aromatic carbocycles. The molecule has 3 rings (SSSR count). The molecule has 0 atom stereocenters. The van der Waals surface area contributed by atoms with Crippen LogP contribution in [0.25, 0.3) is 11.3 Å². The summed E-state index contributed by atoms with van der Waals surface area (Å²) < 4.78 is 16.2. The Labute approximate surface area is 127 Å². The van der Waals surface area contributed by atoms with Crippen LogP contribution in [0.5, 0.6) is 0 Å². The molecule has 0 radical (unpaired) electrons. The smallest absolute Gasteiger partial charge is 0.361 e. The number of aromatic amines is 1. The Morgan fingerprint density at radius 3 is 2.95 bits per heavy atom. The first-order valence-corrected chi connectivity index (χ1v) is 7.21. The van der Waals surface area contributed by atoms with Crippen molar-refractivity contribution >= 4 is 5.97 Å². The Balaban J connectivity index is 1.89. The highest BCUT2D eigenvalue weighted by Gasteiger charge is 2.21. The monoisotopic (exact) mass is 303 g/mol. The molecular weight excluding hydrogens is 286 g/mol. The number of rotatable bonds is 4. The van der Waals surface area contributed by atoms with Crippen molar-refractivity contribution in [3.8, 4) is 11.3 Å². The number of esters is 1. The molecular formula is C15H17N3O4. The van der Waals surface area contributed by atoms with Gasteiger partial charge in [0.05, 0.1) is 19.8 Å². The van der Waals surface area contributed by atoms with Gasteiger partial charge in [0.25, 0.3) is 0 Å². The maximum Gasteiger partial charge on any atom is 0.361 e. The molecule has 116 valence electrons. The third-order valence-electron chi connectivity index (χ3n) is 3.28. The van der Waals surface area contributed by atoms with Gasteiger partial charge in [0.2, 0.25) is 0 Å². The van der Waals surface area contributed by atoms with E-state index in [0.29, 0.717) is 18.9 Å². The first-order chi connectivity index (χ1) is 10.8. The summed E-state index contributed by atoms with van der Waals surface area (Å²) in [5, 5.41) is 10.4. The lowest BCUT2D eigenvalue weighted by Gasteiger charge is -2.23. The van der Waals surface area contributed by atoms with Crippen molar-refractivity contribution in [3.05, 3.63) is 35.5 Å². The van der Waals surface area contributed by atoms with Gasteiger partial charge in [-0.2, -0.15) is 10.3 Å². The molecule has 1 N–H and O–H groups in total. The molecule has 0 amide bonds. The van der Waals surface area contributed by atoms with Crippen LogP contribution in [0.15, 0.2) is 24.3 Å². The minimum absolute atomic E-state index is 0.171. The number of hydrogen-bond donors (Lipinski definition) is 1. The van der Waals surface area contributed by atoms with E-state index >= 15 is 0 Å².